The Bertz CT molecular complexity index is 196. The standard InChI is InChI=1S/C15H26/c1-2-6-13-9-11-15(12-10-13)14-7-4-3-5-8-14/h3-4,13-15H,2,5-12H2,1H3. The maximum absolute atomic E-state index is 2.42. The predicted molar refractivity (Wildman–Crippen MR) is 66.8 cm³/mol. The second kappa shape index (κ2) is 5.72. The maximum Gasteiger partial charge on any atom is -0.0319 e. The molecule has 15 heavy (non-hydrogen) atoms. The zero-order valence-electron chi connectivity index (χ0n) is 10.3. The molecule has 0 saturated heterocycles. The summed E-state index contributed by atoms with van der Waals surface area (Å²) in [7, 11) is 0. The molecule has 0 aromatic rings. The first kappa shape index (κ1) is 11.2. The van der Waals surface area contributed by atoms with E-state index in [1.807, 2.05) is 0 Å². The lowest BCUT2D eigenvalue weighted by molar-refractivity contribution is 0.188. The van der Waals surface area contributed by atoms with Gasteiger partial charge < -0.3 is 0 Å². The minimum Gasteiger partial charge on any atom is -0.0885 e. The predicted octanol–water partition coefficient (Wildman–Crippen LogP) is 4.95. The van der Waals surface area contributed by atoms with Crippen molar-refractivity contribution in [3.8, 4) is 0 Å². The van der Waals surface area contributed by atoms with Crippen molar-refractivity contribution in [3.05, 3.63) is 12.2 Å². The summed E-state index contributed by atoms with van der Waals surface area (Å²) in [5, 5.41) is 0. The van der Waals surface area contributed by atoms with Gasteiger partial charge in [0.15, 0.2) is 0 Å². The van der Waals surface area contributed by atoms with Gasteiger partial charge in [-0.3, -0.25) is 0 Å². The topological polar surface area (TPSA) is 0 Å². The van der Waals surface area contributed by atoms with Gasteiger partial charge in [0.1, 0.15) is 0 Å². The third kappa shape index (κ3) is 3.09. The molecule has 0 aliphatic heterocycles. The van der Waals surface area contributed by atoms with Crippen LogP contribution in [0.2, 0.25) is 0 Å². The third-order valence-corrected chi connectivity index (χ3v) is 4.56. The molecule has 2 aliphatic rings. The van der Waals surface area contributed by atoms with E-state index in [2.05, 4.69) is 19.1 Å². The fourth-order valence-electron chi connectivity index (χ4n) is 3.60. The summed E-state index contributed by atoms with van der Waals surface area (Å²) >= 11 is 0. The molecule has 2 rings (SSSR count). The molecule has 0 heteroatoms. The normalized spacial score (nSPS) is 36.7. The first-order chi connectivity index (χ1) is 7.40. The quantitative estimate of drug-likeness (QED) is 0.573. The number of allylic oxidation sites excluding steroid dienone is 2. The summed E-state index contributed by atoms with van der Waals surface area (Å²) in [4.78, 5) is 0. The smallest absolute Gasteiger partial charge is 0.0319 e. The molecule has 1 fully saturated rings. The Morgan fingerprint density at radius 3 is 2.33 bits per heavy atom. The Labute approximate surface area is 95.1 Å². The lowest BCUT2D eigenvalue weighted by atomic mass is 9.71. The SMILES string of the molecule is CCCC1CCC(C2CC=CCC2)CC1. The van der Waals surface area contributed by atoms with Gasteiger partial charge in [0.2, 0.25) is 0 Å². The average molecular weight is 206 g/mol. The summed E-state index contributed by atoms with van der Waals surface area (Å²) in [5.41, 5.74) is 0. The van der Waals surface area contributed by atoms with Crippen LogP contribution in [-0.4, -0.2) is 0 Å². The van der Waals surface area contributed by atoms with Gasteiger partial charge in [0.25, 0.3) is 0 Å². The van der Waals surface area contributed by atoms with Gasteiger partial charge in [-0.05, 0) is 49.9 Å². The van der Waals surface area contributed by atoms with Crippen molar-refractivity contribution in [2.45, 2.75) is 64.7 Å². The van der Waals surface area contributed by atoms with Crippen LogP contribution in [0, 0.1) is 17.8 Å². The van der Waals surface area contributed by atoms with Crippen molar-refractivity contribution in [1.29, 1.82) is 0 Å². The second-order valence-corrected chi connectivity index (χ2v) is 5.61. The monoisotopic (exact) mass is 206 g/mol. The summed E-state index contributed by atoms with van der Waals surface area (Å²) in [5.74, 6) is 3.19. The molecular weight excluding hydrogens is 180 g/mol. The molecule has 86 valence electrons. The largest absolute Gasteiger partial charge is 0.0885 e. The van der Waals surface area contributed by atoms with Crippen LogP contribution in [-0.2, 0) is 0 Å². The first-order valence-corrected chi connectivity index (χ1v) is 7.05. The second-order valence-electron chi connectivity index (χ2n) is 5.61. The van der Waals surface area contributed by atoms with E-state index in [9.17, 15) is 0 Å². The summed E-state index contributed by atoms with van der Waals surface area (Å²) in [6.07, 6.45) is 18.0. The fourth-order valence-corrected chi connectivity index (χ4v) is 3.60. The Hall–Kier alpha value is -0.260. The summed E-state index contributed by atoms with van der Waals surface area (Å²) in [6.45, 7) is 2.33. The van der Waals surface area contributed by atoms with E-state index in [4.69, 9.17) is 0 Å². The number of rotatable bonds is 3. The summed E-state index contributed by atoms with van der Waals surface area (Å²) < 4.78 is 0. The van der Waals surface area contributed by atoms with Gasteiger partial charge in [-0.1, -0.05) is 44.8 Å². The highest BCUT2D eigenvalue weighted by molar-refractivity contribution is 4.93. The van der Waals surface area contributed by atoms with Crippen molar-refractivity contribution < 1.29 is 0 Å². The van der Waals surface area contributed by atoms with Crippen molar-refractivity contribution in [2.24, 2.45) is 17.8 Å². The van der Waals surface area contributed by atoms with Crippen molar-refractivity contribution in [1.82, 2.24) is 0 Å². The average Bonchev–Trinajstić information content (AvgIpc) is 2.32. The summed E-state index contributed by atoms with van der Waals surface area (Å²) in [6, 6.07) is 0. The van der Waals surface area contributed by atoms with Crippen molar-refractivity contribution in [3.63, 3.8) is 0 Å². The molecule has 1 atom stereocenters. The molecule has 0 nitrogen and oxygen atoms in total. The van der Waals surface area contributed by atoms with Crippen LogP contribution in [0.5, 0.6) is 0 Å². The van der Waals surface area contributed by atoms with Gasteiger partial charge in [0, 0.05) is 0 Å². The third-order valence-electron chi connectivity index (χ3n) is 4.56. The van der Waals surface area contributed by atoms with Crippen LogP contribution in [0.15, 0.2) is 12.2 Å². The van der Waals surface area contributed by atoms with Crippen LogP contribution < -0.4 is 0 Å². The van der Waals surface area contributed by atoms with E-state index < -0.39 is 0 Å². The zero-order chi connectivity index (χ0) is 10.5. The Morgan fingerprint density at radius 2 is 1.73 bits per heavy atom. The van der Waals surface area contributed by atoms with Crippen LogP contribution in [0.3, 0.4) is 0 Å². The van der Waals surface area contributed by atoms with Gasteiger partial charge in [-0.15, -0.1) is 0 Å². The van der Waals surface area contributed by atoms with Crippen molar-refractivity contribution >= 4 is 0 Å². The number of hydrogen-bond acceptors (Lipinski definition) is 0. The highest BCUT2D eigenvalue weighted by Crippen LogP contribution is 2.39. The molecule has 0 heterocycles. The Kier molecular flexibility index (Phi) is 4.29. The van der Waals surface area contributed by atoms with Crippen LogP contribution in [0.25, 0.3) is 0 Å². The van der Waals surface area contributed by atoms with E-state index >= 15 is 0 Å². The van der Waals surface area contributed by atoms with E-state index in [0.717, 1.165) is 17.8 Å². The van der Waals surface area contributed by atoms with Crippen LogP contribution in [0.4, 0.5) is 0 Å². The highest BCUT2D eigenvalue weighted by Gasteiger charge is 2.26. The van der Waals surface area contributed by atoms with Gasteiger partial charge in [0.05, 0.1) is 0 Å². The molecule has 0 radical (unpaired) electrons. The Morgan fingerprint density at radius 1 is 0.933 bits per heavy atom. The molecule has 0 spiro atoms. The van der Waals surface area contributed by atoms with Gasteiger partial charge in [-0.25, -0.2) is 0 Å². The lowest BCUT2D eigenvalue weighted by Gasteiger charge is -2.34. The molecule has 2 aliphatic carbocycles. The van der Waals surface area contributed by atoms with Gasteiger partial charge in [-0.2, -0.15) is 0 Å². The molecule has 0 aromatic heterocycles. The maximum atomic E-state index is 2.42. The Balaban J connectivity index is 1.75. The minimum absolute atomic E-state index is 1.04. The molecule has 1 saturated carbocycles. The van der Waals surface area contributed by atoms with Crippen molar-refractivity contribution in [2.75, 3.05) is 0 Å². The molecular formula is C15H26. The fraction of sp³-hybridized carbons (Fsp3) is 0.867. The number of hydrogen-bond donors (Lipinski definition) is 0. The molecule has 0 amide bonds. The highest BCUT2D eigenvalue weighted by atomic mass is 14.3. The molecule has 0 bridgehead atoms. The van der Waals surface area contributed by atoms with Gasteiger partial charge >= 0.3 is 0 Å². The lowest BCUT2D eigenvalue weighted by Crippen LogP contribution is -2.22. The minimum atomic E-state index is 1.04. The van der Waals surface area contributed by atoms with E-state index in [1.54, 1.807) is 0 Å². The van der Waals surface area contributed by atoms with Crippen LogP contribution in [0.1, 0.15) is 64.7 Å². The molecule has 0 N–H and O–H groups in total. The van der Waals surface area contributed by atoms with Crippen LogP contribution >= 0.6 is 0 Å². The molecule has 0 aromatic carbocycles. The first-order valence-electron chi connectivity index (χ1n) is 7.05. The van der Waals surface area contributed by atoms with E-state index in [0.29, 0.717) is 0 Å². The zero-order valence-corrected chi connectivity index (χ0v) is 10.3. The van der Waals surface area contributed by atoms with E-state index in [-0.39, 0.29) is 0 Å². The molecule has 1 unspecified atom stereocenters. The van der Waals surface area contributed by atoms with E-state index in [1.165, 1.54) is 57.8 Å².